The number of aryl methyl sites for hydroxylation is 1. The number of β-amino-alcohol motifs (C(OH)–C–C–N with tert-alkyl or cyclic N) is 1. The minimum Gasteiger partial charge on any atom is -0.395 e. The van der Waals surface area contributed by atoms with Crippen molar-refractivity contribution in [1.29, 1.82) is 0 Å². The molecule has 1 atom stereocenters. The Morgan fingerprint density at radius 1 is 1.48 bits per heavy atom. The molecule has 1 aromatic carbocycles. The molecule has 2 N–H and O–H groups in total. The third kappa shape index (κ3) is 3.84. The van der Waals surface area contributed by atoms with E-state index in [1.54, 1.807) is 17.9 Å². The predicted octanol–water partition coefficient (Wildman–Crippen LogP) is 1.33. The third-order valence-electron chi connectivity index (χ3n) is 3.67. The van der Waals surface area contributed by atoms with E-state index in [2.05, 4.69) is 11.8 Å². The normalized spacial score (nSPS) is 21.0. The van der Waals surface area contributed by atoms with Crippen molar-refractivity contribution < 1.29 is 15.0 Å². The Bertz CT molecular complexity index is 596. The second-order valence-electron chi connectivity index (χ2n) is 5.78. The van der Waals surface area contributed by atoms with E-state index >= 15 is 0 Å². The van der Waals surface area contributed by atoms with Gasteiger partial charge in [0.2, 0.25) is 0 Å². The van der Waals surface area contributed by atoms with Gasteiger partial charge in [0.25, 0.3) is 5.91 Å². The molecule has 1 unspecified atom stereocenters. The molecule has 112 valence electrons. The summed E-state index contributed by atoms with van der Waals surface area (Å²) in [6, 6.07) is 5.44. The number of likely N-dealkylation sites (tertiary alicyclic amines) is 1. The van der Waals surface area contributed by atoms with Crippen LogP contribution in [0, 0.1) is 18.8 Å². The van der Waals surface area contributed by atoms with E-state index in [0.717, 1.165) is 11.1 Å². The molecular weight excluding hydrogens is 266 g/mol. The molecule has 0 bridgehead atoms. The van der Waals surface area contributed by atoms with Gasteiger partial charge >= 0.3 is 0 Å². The Labute approximate surface area is 125 Å². The number of aliphatic hydroxyl groups is 2. The molecule has 0 aliphatic carbocycles. The maximum absolute atomic E-state index is 12.4. The van der Waals surface area contributed by atoms with Gasteiger partial charge in [-0.05, 0) is 44.0 Å². The molecule has 21 heavy (non-hydrogen) atoms. The lowest BCUT2D eigenvalue weighted by Crippen LogP contribution is -2.33. The van der Waals surface area contributed by atoms with E-state index in [-0.39, 0.29) is 12.5 Å². The minimum absolute atomic E-state index is 0.0502. The molecule has 1 aliphatic heterocycles. The lowest BCUT2D eigenvalue weighted by molar-refractivity contribution is 0.0572. The van der Waals surface area contributed by atoms with E-state index in [9.17, 15) is 9.90 Å². The van der Waals surface area contributed by atoms with Gasteiger partial charge in [0.1, 0.15) is 0 Å². The minimum atomic E-state index is -0.777. The lowest BCUT2D eigenvalue weighted by Gasteiger charge is -2.19. The van der Waals surface area contributed by atoms with Crippen LogP contribution >= 0.6 is 0 Å². The van der Waals surface area contributed by atoms with E-state index in [1.807, 2.05) is 19.1 Å². The molecule has 1 amide bonds. The highest BCUT2D eigenvalue weighted by molar-refractivity contribution is 5.94. The molecule has 1 heterocycles. The lowest BCUT2D eigenvalue weighted by atomic mass is 10.0. The Morgan fingerprint density at radius 3 is 2.81 bits per heavy atom. The van der Waals surface area contributed by atoms with E-state index < -0.39 is 5.60 Å². The first-order valence-electron chi connectivity index (χ1n) is 7.15. The van der Waals surface area contributed by atoms with Crippen LogP contribution in [0.4, 0.5) is 0 Å². The molecule has 1 aliphatic rings. The van der Waals surface area contributed by atoms with Gasteiger partial charge in [-0.3, -0.25) is 4.79 Å². The van der Waals surface area contributed by atoms with Gasteiger partial charge in [-0.25, -0.2) is 0 Å². The van der Waals surface area contributed by atoms with Gasteiger partial charge in [-0.1, -0.05) is 11.8 Å². The number of amides is 1. The Morgan fingerprint density at radius 2 is 2.24 bits per heavy atom. The van der Waals surface area contributed by atoms with Crippen molar-refractivity contribution in [3.8, 4) is 11.8 Å². The second kappa shape index (κ2) is 6.30. The van der Waals surface area contributed by atoms with Crippen LogP contribution in [0.1, 0.15) is 41.3 Å². The largest absolute Gasteiger partial charge is 0.395 e. The third-order valence-corrected chi connectivity index (χ3v) is 3.67. The van der Waals surface area contributed by atoms with Crippen molar-refractivity contribution in [2.45, 2.75) is 32.3 Å². The van der Waals surface area contributed by atoms with Gasteiger partial charge in [0.05, 0.1) is 12.2 Å². The van der Waals surface area contributed by atoms with Crippen molar-refractivity contribution in [1.82, 2.24) is 4.90 Å². The van der Waals surface area contributed by atoms with E-state index in [1.165, 1.54) is 0 Å². The monoisotopic (exact) mass is 287 g/mol. The first-order valence-corrected chi connectivity index (χ1v) is 7.15. The summed E-state index contributed by atoms with van der Waals surface area (Å²) in [5.74, 6) is 5.82. The maximum Gasteiger partial charge on any atom is 0.253 e. The molecule has 1 saturated heterocycles. The molecule has 1 aromatic rings. The van der Waals surface area contributed by atoms with Crippen LogP contribution < -0.4 is 0 Å². The smallest absolute Gasteiger partial charge is 0.253 e. The van der Waals surface area contributed by atoms with Crippen LogP contribution in [0.3, 0.4) is 0 Å². The highest BCUT2D eigenvalue weighted by atomic mass is 16.3. The highest BCUT2D eigenvalue weighted by Crippen LogP contribution is 2.22. The van der Waals surface area contributed by atoms with Crippen LogP contribution in [0.5, 0.6) is 0 Å². The number of carbonyl (C=O) groups excluding carboxylic acids is 1. The number of nitrogens with zero attached hydrogens (tertiary/aromatic N) is 1. The Balaban J connectivity index is 2.13. The second-order valence-corrected chi connectivity index (χ2v) is 5.78. The molecule has 4 heteroatoms. The van der Waals surface area contributed by atoms with Crippen LogP contribution in [0.2, 0.25) is 0 Å². The first-order chi connectivity index (χ1) is 9.93. The summed E-state index contributed by atoms with van der Waals surface area (Å²) in [5, 5.41) is 18.7. The number of aliphatic hydroxyl groups excluding tert-OH is 1. The summed E-state index contributed by atoms with van der Waals surface area (Å²) < 4.78 is 0. The van der Waals surface area contributed by atoms with Crippen molar-refractivity contribution in [3.05, 3.63) is 34.9 Å². The average Bonchev–Trinajstić information content (AvgIpc) is 2.80. The zero-order valence-electron chi connectivity index (χ0n) is 12.5. The molecule has 0 aromatic heterocycles. The van der Waals surface area contributed by atoms with Crippen molar-refractivity contribution >= 4 is 5.91 Å². The predicted molar refractivity (Wildman–Crippen MR) is 80.9 cm³/mol. The van der Waals surface area contributed by atoms with Gasteiger partial charge < -0.3 is 15.1 Å². The highest BCUT2D eigenvalue weighted by Gasteiger charge is 2.34. The molecule has 0 spiro atoms. The molecular formula is C17H21NO3. The molecule has 0 radical (unpaired) electrons. The summed E-state index contributed by atoms with van der Waals surface area (Å²) in [4.78, 5) is 14.1. The summed E-state index contributed by atoms with van der Waals surface area (Å²) in [7, 11) is 0. The fraction of sp³-hybridized carbons (Fsp3) is 0.471. The quantitative estimate of drug-likeness (QED) is 0.807. The van der Waals surface area contributed by atoms with Crippen LogP contribution in [0.25, 0.3) is 0 Å². The molecule has 1 fully saturated rings. The number of rotatable bonds is 2. The topological polar surface area (TPSA) is 60.8 Å². The standard InChI is InChI=1S/C17H21NO3/c1-13-11-15(7-6-14(13)5-3-4-10-19)16(20)18-9-8-17(2,21)12-18/h6-7,11,19,21H,4,8-10,12H2,1-2H3. The summed E-state index contributed by atoms with van der Waals surface area (Å²) in [6.07, 6.45) is 1.06. The zero-order chi connectivity index (χ0) is 15.5. The van der Waals surface area contributed by atoms with Crippen molar-refractivity contribution in [2.24, 2.45) is 0 Å². The average molecular weight is 287 g/mol. The van der Waals surface area contributed by atoms with Gasteiger partial charge in [0, 0.05) is 30.6 Å². The number of hydrogen-bond donors (Lipinski definition) is 2. The SMILES string of the molecule is Cc1cc(C(=O)N2CCC(C)(O)C2)ccc1C#CCCO. The molecule has 2 rings (SSSR count). The maximum atomic E-state index is 12.4. The van der Waals surface area contributed by atoms with Crippen LogP contribution in [-0.2, 0) is 0 Å². The van der Waals surface area contributed by atoms with Gasteiger partial charge in [0.15, 0.2) is 0 Å². The number of carbonyl (C=O) groups is 1. The van der Waals surface area contributed by atoms with Gasteiger partial charge in [-0.15, -0.1) is 0 Å². The first kappa shape index (κ1) is 15.6. The molecule has 4 nitrogen and oxygen atoms in total. The fourth-order valence-corrected chi connectivity index (χ4v) is 2.45. The number of benzene rings is 1. The Hall–Kier alpha value is -1.83. The molecule has 0 saturated carbocycles. The van der Waals surface area contributed by atoms with E-state index in [0.29, 0.717) is 31.5 Å². The summed E-state index contributed by atoms with van der Waals surface area (Å²) in [5.41, 5.74) is 1.66. The summed E-state index contributed by atoms with van der Waals surface area (Å²) >= 11 is 0. The number of hydrogen-bond acceptors (Lipinski definition) is 3. The van der Waals surface area contributed by atoms with Crippen molar-refractivity contribution in [2.75, 3.05) is 19.7 Å². The van der Waals surface area contributed by atoms with Crippen LogP contribution in [-0.4, -0.2) is 46.3 Å². The van der Waals surface area contributed by atoms with Crippen LogP contribution in [0.15, 0.2) is 18.2 Å². The van der Waals surface area contributed by atoms with Crippen molar-refractivity contribution in [3.63, 3.8) is 0 Å². The van der Waals surface area contributed by atoms with Gasteiger partial charge in [-0.2, -0.15) is 0 Å². The zero-order valence-corrected chi connectivity index (χ0v) is 12.5. The summed E-state index contributed by atoms with van der Waals surface area (Å²) in [6.45, 7) is 4.69. The van der Waals surface area contributed by atoms with E-state index in [4.69, 9.17) is 5.11 Å². The fourth-order valence-electron chi connectivity index (χ4n) is 2.45. The Kier molecular flexibility index (Phi) is 4.66.